The average molecular weight is 343 g/mol. The van der Waals surface area contributed by atoms with Gasteiger partial charge in [-0.05, 0) is 17.7 Å². The van der Waals surface area contributed by atoms with Crippen LogP contribution in [0.25, 0.3) is 6.08 Å². The molecule has 3 nitrogen and oxygen atoms in total. The van der Waals surface area contributed by atoms with Crippen molar-refractivity contribution in [2.45, 2.75) is 6.42 Å². The molecule has 0 saturated carbocycles. The van der Waals surface area contributed by atoms with E-state index < -0.39 is 4.92 Å². The Bertz CT molecular complexity index is 700. The number of hydrogen-bond donors (Lipinski definition) is 0. The Labute approximate surface area is 136 Å². The second-order valence-electron chi connectivity index (χ2n) is 4.31. The highest BCUT2D eigenvalue weighted by Crippen LogP contribution is 2.33. The minimum absolute atomic E-state index is 0.00716. The fourth-order valence-corrected chi connectivity index (χ4v) is 2.46. The molecule has 0 aliphatic heterocycles. The first-order chi connectivity index (χ1) is 9.99. The molecule has 2 aromatic carbocycles. The fourth-order valence-electron chi connectivity index (χ4n) is 1.81. The molecule has 2 rings (SSSR count). The molecular weight excluding hydrogens is 333 g/mol. The standard InChI is InChI=1S/C15H10Cl3NO2/c16-13-6-7-14(17)15(18)12(13)9-11(19(20)21)8-10-4-2-1-3-5-10/h1-7,9H,8H2. The monoisotopic (exact) mass is 341 g/mol. The van der Waals surface area contributed by atoms with Crippen LogP contribution in [0.3, 0.4) is 0 Å². The third-order valence-corrected chi connectivity index (χ3v) is 4.00. The molecule has 0 N–H and O–H groups in total. The molecular formula is C15H10Cl3NO2. The van der Waals surface area contributed by atoms with E-state index in [0.29, 0.717) is 15.6 Å². The topological polar surface area (TPSA) is 43.1 Å². The number of allylic oxidation sites excluding steroid dienone is 1. The molecule has 0 spiro atoms. The normalized spacial score (nSPS) is 11.5. The SMILES string of the molecule is O=[N+]([O-])C(=Cc1c(Cl)ccc(Cl)c1Cl)Cc1ccccc1. The van der Waals surface area contributed by atoms with E-state index in [0.717, 1.165) is 5.56 Å². The number of halogens is 3. The molecule has 108 valence electrons. The van der Waals surface area contributed by atoms with Crippen LogP contribution in [0.15, 0.2) is 48.2 Å². The van der Waals surface area contributed by atoms with Crippen molar-refractivity contribution in [3.05, 3.63) is 84.5 Å². The predicted octanol–water partition coefficient (Wildman–Crippen LogP) is 5.51. The Morgan fingerprint density at radius 1 is 1.05 bits per heavy atom. The summed E-state index contributed by atoms with van der Waals surface area (Å²) in [5.74, 6) is 0. The molecule has 21 heavy (non-hydrogen) atoms. The maximum absolute atomic E-state index is 11.2. The highest BCUT2D eigenvalue weighted by atomic mass is 35.5. The Kier molecular flexibility index (Phi) is 5.23. The van der Waals surface area contributed by atoms with Crippen LogP contribution in [-0.4, -0.2) is 4.92 Å². The van der Waals surface area contributed by atoms with Gasteiger partial charge >= 0.3 is 0 Å². The maximum atomic E-state index is 11.2. The second-order valence-corrected chi connectivity index (χ2v) is 5.50. The molecule has 0 heterocycles. The highest BCUT2D eigenvalue weighted by Gasteiger charge is 2.16. The van der Waals surface area contributed by atoms with Gasteiger partial charge in [0.05, 0.1) is 21.4 Å². The summed E-state index contributed by atoms with van der Waals surface area (Å²) < 4.78 is 0. The van der Waals surface area contributed by atoms with Crippen molar-refractivity contribution in [1.82, 2.24) is 0 Å². The molecule has 0 aliphatic carbocycles. The van der Waals surface area contributed by atoms with Gasteiger partial charge in [0.2, 0.25) is 0 Å². The Balaban J connectivity index is 2.44. The van der Waals surface area contributed by atoms with Crippen molar-refractivity contribution in [1.29, 1.82) is 0 Å². The van der Waals surface area contributed by atoms with E-state index in [1.165, 1.54) is 6.08 Å². The fraction of sp³-hybridized carbons (Fsp3) is 0.0667. The van der Waals surface area contributed by atoms with Gasteiger partial charge in [-0.3, -0.25) is 10.1 Å². The molecule has 0 amide bonds. The van der Waals surface area contributed by atoms with Gasteiger partial charge in [-0.2, -0.15) is 0 Å². The number of benzene rings is 2. The molecule has 0 atom stereocenters. The summed E-state index contributed by atoms with van der Waals surface area (Å²) in [5.41, 5.74) is 1.18. The Morgan fingerprint density at radius 2 is 1.67 bits per heavy atom. The van der Waals surface area contributed by atoms with Gasteiger partial charge in [-0.15, -0.1) is 0 Å². The van der Waals surface area contributed by atoms with Crippen LogP contribution in [0, 0.1) is 10.1 Å². The first kappa shape index (κ1) is 15.8. The van der Waals surface area contributed by atoms with E-state index >= 15 is 0 Å². The second kappa shape index (κ2) is 6.94. The third-order valence-electron chi connectivity index (χ3n) is 2.85. The molecule has 0 unspecified atom stereocenters. The molecule has 2 aromatic rings. The van der Waals surface area contributed by atoms with Gasteiger partial charge in [0, 0.05) is 16.7 Å². The van der Waals surface area contributed by atoms with E-state index in [4.69, 9.17) is 34.8 Å². The van der Waals surface area contributed by atoms with Crippen LogP contribution in [0.5, 0.6) is 0 Å². The molecule has 0 saturated heterocycles. The van der Waals surface area contributed by atoms with Gasteiger partial charge in [0.25, 0.3) is 5.70 Å². The Morgan fingerprint density at radius 3 is 2.29 bits per heavy atom. The zero-order chi connectivity index (χ0) is 15.4. The van der Waals surface area contributed by atoms with Crippen molar-refractivity contribution in [2.75, 3.05) is 0 Å². The summed E-state index contributed by atoms with van der Waals surface area (Å²) in [7, 11) is 0. The summed E-state index contributed by atoms with van der Waals surface area (Å²) >= 11 is 18.0. The minimum atomic E-state index is -0.444. The van der Waals surface area contributed by atoms with Crippen molar-refractivity contribution in [3.63, 3.8) is 0 Å². The van der Waals surface area contributed by atoms with Crippen molar-refractivity contribution >= 4 is 40.9 Å². The van der Waals surface area contributed by atoms with Gasteiger partial charge in [-0.25, -0.2) is 0 Å². The Hall–Kier alpha value is -1.55. The lowest BCUT2D eigenvalue weighted by atomic mass is 10.1. The van der Waals surface area contributed by atoms with Gasteiger partial charge in [-0.1, -0.05) is 65.1 Å². The number of hydrogen-bond acceptors (Lipinski definition) is 2. The summed E-state index contributed by atoms with van der Waals surface area (Å²) in [6.07, 6.45) is 1.54. The smallest absolute Gasteiger partial charge is 0.251 e. The predicted molar refractivity (Wildman–Crippen MR) is 86.6 cm³/mol. The van der Waals surface area contributed by atoms with Crippen LogP contribution in [-0.2, 0) is 6.42 Å². The molecule has 0 fully saturated rings. The number of nitrogens with zero attached hydrogens (tertiary/aromatic N) is 1. The van der Waals surface area contributed by atoms with Crippen molar-refractivity contribution in [2.24, 2.45) is 0 Å². The van der Waals surface area contributed by atoms with Crippen molar-refractivity contribution < 1.29 is 4.92 Å². The highest BCUT2D eigenvalue weighted by molar-refractivity contribution is 6.44. The molecule has 0 aliphatic rings. The summed E-state index contributed by atoms with van der Waals surface area (Å²) in [4.78, 5) is 10.8. The summed E-state index contributed by atoms with van der Waals surface area (Å²) in [5, 5.41) is 12.1. The average Bonchev–Trinajstić information content (AvgIpc) is 2.47. The molecule has 0 aromatic heterocycles. The van der Waals surface area contributed by atoms with E-state index in [9.17, 15) is 10.1 Å². The molecule has 0 bridgehead atoms. The lowest BCUT2D eigenvalue weighted by Crippen LogP contribution is -2.02. The first-order valence-electron chi connectivity index (χ1n) is 6.01. The molecule has 0 radical (unpaired) electrons. The number of rotatable bonds is 4. The summed E-state index contributed by atoms with van der Waals surface area (Å²) in [6, 6.07) is 12.2. The molecule has 6 heteroatoms. The van der Waals surface area contributed by atoms with Gasteiger partial charge in [0.15, 0.2) is 0 Å². The zero-order valence-electron chi connectivity index (χ0n) is 10.7. The van der Waals surface area contributed by atoms with E-state index in [2.05, 4.69) is 0 Å². The van der Waals surface area contributed by atoms with Crippen LogP contribution in [0.4, 0.5) is 0 Å². The largest absolute Gasteiger partial charge is 0.259 e. The van der Waals surface area contributed by atoms with E-state index in [-0.39, 0.29) is 17.1 Å². The maximum Gasteiger partial charge on any atom is 0.251 e. The minimum Gasteiger partial charge on any atom is -0.259 e. The van der Waals surface area contributed by atoms with Gasteiger partial charge < -0.3 is 0 Å². The van der Waals surface area contributed by atoms with Crippen molar-refractivity contribution in [3.8, 4) is 0 Å². The lowest BCUT2D eigenvalue weighted by Gasteiger charge is -2.05. The number of nitro groups is 1. The van der Waals surface area contributed by atoms with Crippen LogP contribution in [0.2, 0.25) is 15.1 Å². The van der Waals surface area contributed by atoms with E-state index in [1.54, 1.807) is 12.1 Å². The van der Waals surface area contributed by atoms with Gasteiger partial charge in [0.1, 0.15) is 0 Å². The zero-order valence-corrected chi connectivity index (χ0v) is 13.0. The van der Waals surface area contributed by atoms with Crippen LogP contribution >= 0.6 is 34.8 Å². The first-order valence-corrected chi connectivity index (χ1v) is 7.15. The third kappa shape index (κ3) is 3.97. The lowest BCUT2D eigenvalue weighted by molar-refractivity contribution is -0.425. The summed E-state index contributed by atoms with van der Waals surface area (Å²) in [6.45, 7) is 0. The quantitative estimate of drug-likeness (QED) is 0.418. The van der Waals surface area contributed by atoms with E-state index in [1.807, 2.05) is 30.3 Å². The van der Waals surface area contributed by atoms with Crippen LogP contribution < -0.4 is 0 Å². The van der Waals surface area contributed by atoms with Crippen LogP contribution in [0.1, 0.15) is 11.1 Å².